The van der Waals surface area contributed by atoms with Crippen LogP contribution in [0.1, 0.15) is 6.92 Å². The molecule has 0 spiro atoms. The molecule has 2 N–H and O–H groups in total. The van der Waals surface area contributed by atoms with Gasteiger partial charge in [-0.1, -0.05) is 11.6 Å². The molecule has 78 valence electrons. The molecule has 0 aliphatic rings. The molecule has 1 aromatic rings. The number of nitrogens with zero attached hydrogens (tertiary/aromatic N) is 1. The summed E-state index contributed by atoms with van der Waals surface area (Å²) in [7, 11) is 1.61. The number of nitrogen functional groups attached to an aromatic ring is 1. The van der Waals surface area contributed by atoms with E-state index in [-0.39, 0.29) is 6.10 Å². The Balaban J connectivity index is 2.70. The number of nitrogens with two attached hydrogens (primary N) is 1. The molecule has 1 heterocycles. The fourth-order valence-electron chi connectivity index (χ4n) is 1.01. The van der Waals surface area contributed by atoms with Gasteiger partial charge in [0.15, 0.2) is 0 Å². The lowest BCUT2D eigenvalue weighted by molar-refractivity contribution is 0.0925. The van der Waals surface area contributed by atoms with Gasteiger partial charge >= 0.3 is 0 Å². The smallest absolute Gasteiger partial charge is 0.147 e. The number of pyridine rings is 1. The molecule has 4 nitrogen and oxygen atoms in total. The number of methoxy groups -OCH3 is 1. The zero-order valence-corrected chi connectivity index (χ0v) is 8.91. The standard InChI is InChI=1S/C9H13ClN2O2/c1-6(5-13-2)14-8-3-9(10)12-4-7(8)11/h3-4,6H,5,11H2,1-2H3. The summed E-state index contributed by atoms with van der Waals surface area (Å²) in [6.45, 7) is 2.39. The summed E-state index contributed by atoms with van der Waals surface area (Å²) in [5.41, 5.74) is 6.12. The van der Waals surface area contributed by atoms with Crippen molar-refractivity contribution in [2.75, 3.05) is 19.5 Å². The first-order chi connectivity index (χ1) is 6.63. The molecule has 1 aromatic heterocycles. The van der Waals surface area contributed by atoms with Crippen molar-refractivity contribution in [2.45, 2.75) is 13.0 Å². The van der Waals surface area contributed by atoms with Crippen LogP contribution in [0, 0.1) is 0 Å². The van der Waals surface area contributed by atoms with Crippen molar-refractivity contribution in [1.82, 2.24) is 4.98 Å². The van der Waals surface area contributed by atoms with Gasteiger partial charge < -0.3 is 15.2 Å². The second-order valence-electron chi connectivity index (χ2n) is 2.93. The maximum atomic E-state index is 5.70. The minimum absolute atomic E-state index is 0.0687. The number of aromatic nitrogens is 1. The van der Waals surface area contributed by atoms with Gasteiger partial charge in [-0.05, 0) is 6.92 Å². The molecule has 0 saturated carbocycles. The summed E-state index contributed by atoms with van der Waals surface area (Å²) < 4.78 is 10.4. The largest absolute Gasteiger partial charge is 0.486 e. The summed E-state index contributed by atoms with van der Waals surface area (Å²) in [5, 5.41) is 0.360. The molecule has 0 aromatic carbocycles. The normalized spacial score (nSPS) is 12.5. The summed E-state index contributed by atoms with van der Waals surface area (Å²) >= 11 is 5.70. The molecule has 1 atom stereocenters. The van der Waals surface area contributed by atoms with Crippen LogP contribution >= 0.6 is 11.6 Å². The van der Waals surface area contributed by atoms with E-state index in [4.69, 9.17) is 26.8 Å². The van der Waals surface area contributed by atoms with Crippen LogP contribution in [0.15, 0.2) is 12.3 Å². The van der Waals surface area contributed by atoms with Gasteiger partial charge in [-0.3, -0.25) is 0 Å². The highest BCUT2D eigenvalue weighted by atomic mass is 35.5. The maximum absolute atomic E-state index is 5.70. The summed E-state index contributed by atoms with van der Waals surface area (Å²) in [6, 6.07) is 1.59. The van der Waals surface area contributed by atoms with E-state index in [9.17, 15) is 0 Å². The Morgan fingerprint density at radius 2 is 2.36 bits per heavy atom. The second kappa shape index (κ2) is 5.02. The Labute approximate surface area is 88.0 Å². The molecular weight excluding hydrogens is 204 g/mol. The van der Waals surface area contributed by atoms with Crippen LogP contribution in [0.25, 0.3) is 0 Å². The lowest BCUT2D eigenvalue weighted by Gasteiger charge is -2.14. The predicted octanol–water partition coefficient (Wildman–Crippen LogP) is 1.73. The van der Waals surface area contributed by atoms with Crippen LogP contribution in [0.3, 0.4) is 0 Å². The van der Waals surface area contributed by atoms with E-state index in [1.807, 2.05) is 6.92 Å². The van der Waals surface area contributed by atoms with Gasteiger partial charge in [0.25, 0.3) is 0 Å². The summed E-state index contributed by atoms with van der Waals surface area (Å²) in [5.74, 6) is 0.537. The zero-order valence-electron chi connectivity index (χ0n) is 8.16. The summed E-state index contributed by atoms with van der Waals surface area (Å²) in [4.78, 5) is 3.82. The maximum Gasteiger partial charge on any atom is 0.147 e. The molecule has 14 heavy (non-hydrogen) atoms. The molecule has 1 unspecified atom stereocenters. The van der Waals surface area contributed by atoms with Crippen LogP contribution in [-0.2, 0) is 4.74 Å². The molecule has 0 aliphatic heterocycles. The third kappa shape index (κ3) is 3.05. The Bertz CT molecular complexity index is 307. The highest BCUT2D eigenvalue weighted by molar-refractivity contribution is 6.29. The molecule has 0 saturated heterocycles. The fourth-order valence-corrected chi connectivity index (χ4v) is 1.16. The van der Waals surface area contributed by atoms with Crippen LogP contribution in [0.2, 0.25) is 5.15 Å². The van der Waals surface area contributed by atoms with E-state index < -0.39 is 0 Å². The van der Waals surface area contributed by atoms with Crippen molar-refractivity contribution in [3.05, 3.63) is 17.4 Å². The monoisotopic (exact) mass is 216 g/mol. The fraction of sp³-hybridized carbons (Fsp3) is 0.444. The van der Waals surface area contributed by atoms with Crippen LogP contribution < -0.4 is 10.5 Å². The number of hydrogen-bond acceptors (Lipinski definition) is 4. The second-order valence-corrected chi connectivity index (χ2v) is 3.32. The number of ether oxygens (including phenoxy) is 2. The van der Waals surface area contributed by atoms with Gasteiger partial charge in [0.1, 0.15) is 17.0 Å². The number of halogens is 1. The Morgan fingerprint density at radius 1 is 1.64 bits per heavy atom. The van der Waals surface area contributed by atoms with Gasteiger partial charge in [0.05, 0.1) is 18.5 Å². The van der Waals surface area contributed by atoms with Gasteiger partial charge in [-0.15, -0.1) is 0 Å². The molecule has 0 bridgehead atoms. The van der Waals surface area contributed by atoms with Gasteiger partial charge in [0.2, 0.25) is 0 Å². The Morgan fingerprint density at radius 3 is 3.00 bits per heavy atom. The molecular formula is C9H13ClN2O2. The first-order valence-corrected chi connectivity index (χ1v) is 4.58. The van der Waals surface area contributed by atoms with E-state index in [1.54, 1.807) is 13.2 Å². The van der Waals surface area contributed by atoms with Crippen LogP contribution in [-0.4, -0.2) is 24.8 Å². The predicted molar refractivity (Wildman–Crippen MR) is 55.6 cm³/mol. The van der Waals surface area contributed by atoms with Gasteiger partial charge in [-0.2, -0.15) is 0 Å². The van der Waals surface area contributed by atoms with Crippen LogP contribution in [0.4, 0.5) is 5.69 Å². The van der Waals surface area contributed by atoms with E-state index >= 15 is 0 Å². The number of rotatable bonds is 4. The van der Waals surface area contributed by atoms with Crippen molar-refractivity contribution < 1.29 is 9.47 Å². The highest BCUT2D eigenvalue weighted by Gasteiger charge is 2.07. The minimum Gasteiger partial charge on any atom is -0.486 e. The highest BCUT2D eigenvalue weighted by Crippen LogP contribution is 2.24. The Hall–Kier alpha value is -1.00. The third-order valence-corrected chi connectivity index (χ3v) is 1.80. The summed E-state index contributed by atoms with van der Waals surface area (Å²) in [6.07, 6.45) is 1.40. The molecule has 0 radical (unpaired) electrons. The van der Waals surface area contributed by atoms with Crippen molar-refractivity contribution >= 4 is 17.3 Å². The lowest BCUT2D eigenvalue weighted by atomic mass is 10.3. The quantitative estimate of drug-likeness (QED) is 0.779. The van der Waals surface area contributed by atoms with Gasteiger partial charge in [0, 0.05) is 13.2 Å². The number of hydrogen-bond donors (Lipinski definition) is 1. The average molecular weight is 217 g/mol. The zero-order chi connectivity index (χ0) is 10.6. The van der Waals surface area contributed by atoms with Crippen molar-refractivity contribution in [2.24, 2.45) is 0 Å². The van der Waals surface area contributed by atoms with E-state index in [0.29, 0.717) is 23.2 Å². The van der Waals surface area contributed by atoms with Crippen LogP contribution in [0.5, 0.6) is 5.75 Å². The average Bonchev–Trinajstić information content (AvgIpc) is 2.12. The molecule has 0 amide bonds. The SMILES string of the molecule is COCC(C)Oc1cc(Cl)ncc1N. The molecule has 0 aliphatic carbocycles. The van der Waals surface area contributed by atoms with E-state index in [0.717, 1.165) is 0 Å². The van der Waals surface area contributed by atoms with E-state index in [1.165, 1.54) is 6.20 Å². The number of anilines is 1. The van der Waals surface area contributed by atoms with Crippen molar-refractivity contribution in [3.8, 4) is 5.75 Å². The first-order valence-electron chi connectivity index (χ1n) is 4.20. The first kappa shape index (κ1) is 11.1. The van der Waals surface area contributed by atoms with Gasteiger partial charge in [-0.25, -0.2) is 4.98 Å². The topological polar surface area (TPSA) is 57.4 Å². The third-order valence-electron chi connectivity index (χ3n) is 1.59. The lowest BCUT2D eigenvalue weighted by Crippen LogP contribution is -2.18. The molecule has 5 heteroatoms. The van der Waals surface area contributed by atoms with Crippen molar-refractivity contribution in [1.29, 1.82) is 0 Å². The molecule has 0 fully saturated rings. The van der Waals surface area contributed by atoms with E-state index in [2.05, 4.69) is 4.98 Å². The molecule has 1 rings (SSSR count). The Kier molecular flexibility index (Phi) is 3.98. The van der Waals surface area contributed by atoms with Crippen molar-refractivity contribution in [3.63, 3.8) is 0 Å². The minimum atomic E-state index is -0.0687.